The first-order chi connectivity index (χ1) is 9.81. The molecule has 0 amide bonds. The first-order valence-corrected chi connectivity index (χ1v) is 7.77. The van der Waals surface area contributed by atoms with Gasteiger partial charge in [0.15, 0.2) is 0 Å². The molecule has 0 aromatic carbocycles. The summed E-state index contributed by atoms with van der Waals surface area (Å²) in [7, 11) is 0. The topological polar surface area (TPSA) is 82.5 Å². The summed E-state index contributed by atoms with van der Waals surface area (Å²) < 4.78 is 11.3. The van der Waals surface area contributed by atoms with Crippen LogP contribution in [0.2, 0.25) is 0 Å². The van der Waals surface area contributed by atoms with Gasteiger partial charge in [-0.05, 0) is 26.7 Å². The summed E-state index contributed by atoms with van der Waals surface area (Å²) in [6.45, 7) is 9.84. The fourth-order valence-corrected chi connectivity index (χ4v) is 3.06. The molecule has 0 bridgehead atoms. The van der Waals surface area contributed by atoms with E-state index < -0.39 is 18.3 Å². The molecule has 5 heteroatoms. The van der Waals surface area contributed by atoms with E-state index in [1.165, 1.54) is 0 Å². The van der Waals surface area contributed by atoms with Crippen LogP contribution in [0.15, 0.2) is 12.2 Å². The molecule has 0 spiro atoms. The van der Waals surface area contributed by atoms with Crippen LogP contribution in [-0.2, 0) is 9.47 Å². The maximum Gasteiger partial charge on any atom is 0.107 e. The molecule has 2 aliphatic rings. The summed E-state index contributed by atoms with van der Waals surface area (Å²) in [6.07, 6.45) is -1.15. The highest BCUT2D eigenvalue weighted by Crippen LogP contribution is 2.38. The molecule has 5 nitrogen and oxygen atoms in total. The molecule has 2 fully saturated rings. The molecule has 2 aliphatic heterocycles. The Balaban J connectivity index is 1.83. The largest absolute Gasteiger partial charge is 0.393 e. The van der Waals surface area contributed by atoms with Crippen LogP contribution in [0.4, 0.5) is 0 Å². The van der Waals surface area contributed by atoms with Crippen LogP contribution < -0.4 is 0 Å². The van der Waals surface area contributed by atoms with Gasteiger partial charge in [-0.15, -0.1) is 6.58 Å². The third kappa shape index (κ3) is 4.05. The first-order valence-electron chi connectivity index (χ1n) is 7.77. The van der Waals surface area contributed by atoms with E-state index in [1.54, 1.807) is 6.92 Å². The van der Waals surface area contributed by atoms with E-state index in [2.05, 4.69) is 6.58 Å². The Kier molecular flexibility index (Phi) is 5.43. The standard InChI is InChI=1S/C16H28O5/c1-8(2)5-12-15(19)14(18)11(7-20-12)6-13-16(21-13)9(3)10(4)17/h9-19H,1,5-7H2,2-4H3/t9-,10-,11-,12-,13-,14+,15-,16-/m0/s1. The summed E-state index contributed by atoms with van der Waals surface area (Å²) in [5.74, 6) is -0.0460. The van der Waals surface area contributed by atoms with Gasteiger partial charge < -0.3 is 24.8 Å². The highest BCUT2D eigenvalue weighted by atomic mass is 16.6. The maximum absolute atomic E-state index is 10.3. The predicted octanol–water partition coefficient (Wildman–Crippen LogP) is 0.864. The smallest absolute Gasteiger partial charge is 0.107 e. The summed E-state index contributed by atoms with van der Waals surface area (Å²) in [5, 5.41) is 30.0. The number of epoxide rings is 1. The first kappa shape index (κ1) is 16.9. The lowest BCUT2D eigenvalue weighted by molar-refractivity contribution is -0.165. The zero-order valence-corrected chi connectivity index (χ0v) is 13.1. The third-order valence-corrected chi connectivity index (χ3v) is 4.72. The molecule has 2 heterocycles. The van der Waals surface area contributed by atoms with Gasteiger partial charge in [0.05, 0.1) is 37.1 Å². The van der Waals surface area contributed by atoms with E-state index in [4.69, 9.17) is 9.47 Å². The Bertz CT molecular complexity index is 370. The van der Waals surface area contributed by atoms with Crippen LogP contribution in [-0.4, -0.2) is 58.6 Å². The maximum atomic E-state index is 10.3. The van der Waals surface area contributed by atoms with Gasteiger partial charge in [0.1, 0.15) is 6.10 Å². The zero-order valence-electron chi connectivity index (χ0n) is 13.1. The molecule has 0 radical (unpaired) electrons. The summed E-state index contributed by atoms with van der Waals surface area (Å²) in [5.41, 5.74) is 0.932. The van der Waals surface area contributed by atoms with Crippen molar-refractivity contribution in [2.45, 2.75) is 70.2 Å². The van der Waals surface area contributed by atoms with E-state index in [0.717, 1.165) is 5.57 Å². The highest BCUT2D eigenvalue weighted by molar-refractivity contribution is 4.99. The van der Waals surface area contributed by atoms with Gasteiger partial charge in [0, 0.05) is 11.8 Å². The molecule has 0 saturated carbocycles. The molecule has 3 N–H and O–H groups in total. The Hall–Kier alpha value is -0.460. The van der Waals surface area contributed by atoms with Gasteiger partial charge in [-0.1, -0.05) is 12.5 Å². The fraction of sp³-hybridized carbons (Fsp3) is 0.875. The molecule has 8 atom stereocenters. The Morgan fingerprint density at radius 1 is 1.24 bits per heavy atom. The van der Waals surface area contributed by atoms with Gasteiger partial charge >= 0.3 is 0 Å². The summed E-state index contributed by atoms with van der Waals surface area (Å²) >= 11 is 0. The highest BCUT2D eigenvalue weighted by Gasteiger charge is 2.48. The number of hydrogen-bond acceptors (Lipinski definition) is 5. The normalized spacial score (nSPS) is 42.4. The molecule has 2 rings (SSSR count). The molecule has 122 valence electrons. The minimum Gasteiger partial charge on any atom is -0.393 e. The second-order valence-corrected chi connectivity index (χ2v) is 6.75. The molecule has 0 aromatic heterocycles. The lowest BCUT2D eigenvalue weighted by Gasteiger charge is -2.37. The minimum atomic E-state index is -0.883. The number of hydrogen-bond donors (Lipinski definition) is 3. The van der Waals surface area contributed by atoms with Crippen molar-refractivity contribution in [3.05, 3.63) is 12.2 Å². The average molecular weight is 300 g/mol. The van der Waals surface area contributed by atoms with Gasteiger partial charge in [0.2, 0.25) is 0 Å². The van der Waals surface area contributed by atoms with E-state index >= 15 is 0 Å². The molecule has 21 heavy (non-hydrogen) atoms. The van der Waals surface area contributed by atoms with Crippen molar-refractivity contribution in [2.24, 2.45) is 11.8 Å². The van der Waals surface area contributed by atoms with E-state index in [0.29, 0.717) is 19.4 Å². The fourth-order valence-electron chi connectivity index (χ4n) is 3.06. The van der Waals surface area contributed by atoms with Crippen molar-refractivity contribution >= 4 is 0 Å². The van der Waals surface area contributed by atoms with Crippen LogP contribution in [0.5, 0.6) is 0 Å². The Morgan fingerprint density at radius 3 is 2.48 bits per heavy atom. The second-order valence-electron chi connectivity index (χ2n) is 6.75. The van der Waals surface area contributed by atoms with Crippen molar-refractivity contribution in [3.8, 4) is 0 Å². The van der Waals surface area contributed by atoms with Gasteiger partial charge in [-0.25, -0.2) is 0 Å². The van der Waals surface area contributed by atoms with Crippen molar-refractivity contribution in [3.63, 3.8) is 0 Å². The molecule has 0 aliphatic carbocycles. The van der Waals surface area contributed by atoms with E-state index in [1.807, 2.05) is 13.8 Å². The molecule has 0 aromatic rings. The quantitative estimate of drug-likeness (QED) is 0.501. The van der Waals surface area contributed by atoms with Crippen LogP contribution in [0.3, 0.4) is 0 Å². The monoisotopic (exact) mass is 300 g/mol. The lowest BCUT2D eigenvalue weighted by atomic mass is 9.85. The lowest BCUT2D eigenvalue weighted by Crippen LogP contribution is -2.50. The molecular weight excluding hydrogens is 272 g/mol. The Labute approximate surface area is 126 Å². The van der Waals surface area contributed by atoms with Crippen molar-refractivity contribution in [1.29, 1.82) is 0 Å². The number of aliphatic hydroxyl groups is 3. The second kappa shape index (κ2) is 6.75. The number of aliphatic hydroxyl groups excluding tert-OH is 3. The van der Waals surface area contributed by atoms with Crippen molar-refractivity contribution in [2.75, 3.05) is 6.61 Å². The predicted molar refractivity (Wildman–Crippen MR) is 78.8 cm³/mol. The van der Waals surface area contributed by atoms with Crippen LogP contribution >= 0.6 is 0 Å². The summed E-state index contributed by atoms with van der Waals surface area (Å²) in [6, 6.07) is 0. The molecular formula is C16H28O5. The third-order valence-electron chi connectivity index (χ3n) is 4.72. The van der Waals surface area contributed by atoms with Gasteiger partial charge in [-0.3, -0.25) is 0 Å². The SMILES string of the molecule is C=C(C)C[C@@H]1OC[C@H](C[C@@H]2O[C@H]2[C@@H](C)[C@H](C)O)[C@@H](O)[C@H]1O. The molecule has 2 saturated heterocycles. The zero-order chi connectivity index (χ0) is 15.7. The van der Waals surface area contributed by atoms with E-state index in [9.17, 15) is 15.3 Å². The number of ether oxygens (including phenoxy) is 2. The van der Waals surface area contributed by atoms with Crippen LogP contribution in [0.25, 0.3) is 0 Å². The number of rotatable bonds is 6. The van der Waals surface area contributed by atoms with Crippen molar-refractivity contribution < 1.29 is 24.8 Å². The van der Waals surface area contributed by atoms with Crippen molar-refractivity contribution in [1.82, 2.24) is 0 Å². The van der Waals surface area contributed by atoms with Crippen LogP contribution in [0, 0.1) is 11.8 Å². The Morgan fingerprint density at radius 2 is 1.90 bits per heavy atom. The summed E-state index contributed by atoms with van der Waals surface area (Å²) in [4.78, 5) is 0. The minimum absolute atomic E-state index is 0.0440. The van der Waals surface area contributed by atoms with Gasteiger partial charge in [0.25, 0.3) is 0 Å². The van der Waals surface area contributed by atoms with Crippen LogP contribution in [0.1, 0.15) is 33.6 Å². The van der Waals surface area contributed by atoms with Gasteiger partial charge in [-0.2, -0.15) is 0 Å². The average Bonchev–Trinajstić information content (AvgIpc) is 3.16. The van der Waals surface area contributed by atoms with E-state index in [-0.39, 0.29) is 30.1 Å². The molecule has 0 unspecified atom stereocenters.